The number of carboxylic acid groups (broad SMARTS) is 1. The van der Waals surface area contributed by atoms with Crippen LogP contribution in [-0.2, 0) is 0 Å². The fourth-order valence-electron chi connectivity index (χ4n) is 0.448. The first kappa shape index (κ1) is 6.73. The van der Waals surface area contributed by atoms with Crippen molar-refractivity contribution in [3.63, 3.8) is 0 Å². The van der Waals surface area contributed by atoms with Crippen LogP contribution in [-0.4, -0.2) is 28.9 Å². The first-order valence-electron chi connectivity index (χ1n) is 2.51. The third kappa shape index (κ3) is 1.31. The highest BCUT2D eigenvalue weighted by molar-refractivity contribution is 6.31. The first-order valence-corrected chi connectivity index (χ1v) is 2.51. The van der Waals surface area contributed by atoms with E-state index in [1.54, 1.807) is 0 Å². The van der Waals surface area contributed by atoms with Gasteiger partial charge in [0.15, 0.2) is 0 Å². The molecule has 0 saturated carbocycles. The number of carboxylic acids is 1. The lowest BCUT2D eigenvalue weighted by atomic mass is 10.0. The Morgan fingerprint density at radius 2 is 2.00 bits per heavy atom. The SMILES string of the molecule is [B]c1cnc(C(=O)O)nc1. The van der Waals surface area contributed by atoms with Crippen molar-refractivity contribution in [2.24, 2.45) is 0 Å². The molecule has 0 amide bonds. The molecule has 0 aliphatic carbocycles. The van der Waals surface area contributed by atoms with Crippen LogP contribution in [0.25, 0.3) is 0 Å². The normalized spacial score (nSPS) is 9.20. The predicted molar refractivity (Wildman–Crippen MR) is 34.4 cm³/mol. The van der Waals surface area contributed by atoms with Gasteiger partial charge >= 0.3 is 5.97 Å². The summed E-state index contributed by atoms with van der Waals surface area (Å²) in [7, 11) is 5.21. The summed E-state index contributed by atoms with van der Waals surface area (Å²) in [6.45, 7) is 0. The lowest BCUT2D eigenvalue weighted by molar-refractivity contribution is 0.0683. The third-order valence-electron chi connectivity index (χ3n) is 0.863. The van der Waals surface area contributed by atoms with Crippen LogP contribution in [0.3, 0.4) is 0 Å². The Morgan fingerprint density at radius 3 is 2.40 bits per heavy atom. The minimum absolute atomic E-state index is 0.241. The molecule has 1 rings (SSSR count). The van der Waals surface area contributed by atoms with E-state index in [0.29, 0.717) is 5.46 Å². The van der Waals surface area contributed by atoms with E-state index in [4.69, 9.17) is 13.0 Å². The average Bonchev–Trinajstić information content (AvgIpc) is 1.88. The van der Waals surface area contributed by atoms with Crippen molar-refractivity contribution in [1.82, 2.24) is 9.97 Å². The van der Waals surface area contributed by atoms with E-state index in [2.05, 4.69) is 9.97 Å². The highest BCUT2D eigenvalue weighted by atomic mass is 16.4. The molecule has 0 atom stereocenters. The molecule has 0 aliphatic heterocycles. The Morgan fingerprint density at radius 1 is 1.50 bits per heavy atom. The Hall–Kier alpha value is -1.39. The summed E-state index contributed by atoms with van der Waals surface area (Å²) in [6, 6.07) is 0. The number of aromatic nitrogens is 2. The maximum absolute atomic E-state index is 10.1. The Labute approximate surface area is 58.3 Å². The van der Waals surface area contributed by atoms with E-state index in [0.717, 1.165) is 0 Å². The molecular formula is C5H3BN2O2. The van der Waals surface area contributed by atoms with E-state index in [-0.39, 0.29) is 5.82 Å². The van der Waals surface area contributed by atoms with Crippen LogP contribution in [0.1, 0.15) is 10.6 Å². The molecule has 1 heterocycles. The zero-order chi connectivity index (χ0) is 7.56. The maximum Gasteiger partial charge on any atom is 0.373 e. The predicted octanol–water partition coefficient (Wildman–Crippen LogP) is -1.03. The Bertz CT molecular complexity index is 246. The minimum Gasteiger partial charge on any atom is -0.475 e. The molecule has 0 saturated heterocycles. The Balaban J connectivity index is 3.00. The van der Waals surface area contributed by atoms with Gasteiger partial charge in [0, 0.05) is 12.4 Å². The first-order chi connectivity index (χ1) is 4.70. The van der Waals surface area contributed by atoms with Crippen LogP contribution < -0.4 is 5.46 Å². The molecule has 48 valence electrons. The summed E-state index contributed by atoms with van der Waals surface area (Å²) in [6.07, 6.45) is 2.49. The van der Waals surface area contributed by atoms with Gasteiger partial charge in [-0.15, -0.1) is 0 Å². The van der Waals surface area contributed by atoms with Crippen molar-refractivity contribution in [2.45, 2.75) is 0 Å². The second-order valence-corrected chi connectivity index (χ2v) is 1.65. The molecule has 1 aromatic heterocycles. The van der Waals surface area contributed by atoms with E-state index < -0.39 is 5.97 Å². The largest absolute Gasteiger partial charge is 0.475 e. The zero-order valence-corrected chi connectivity index (χ0v) is 4.98. The van der Waals surface area contributed by atoms with Gasteiger partial charge in [-0.3, -0.25) is 0 Å². The van der Waals surface area contributed by atoms with Gasteiger partial charge in [0.05, 0.1) is 0 Å². The zero-order valence-electron chi connectivity index (χ0n) is 4.98. The van der Waals surface area contributed by atoms with E-state index in [1.807, 2.05) is 0 Å². The van der Waals surface area contributed by atoms with E-state index >= 15 is 0 Å². The van der Waals surface area contributed by atoms with Gasteiger partial charge < -0.3 is 5.11 Å². The summed E-state index contributed by atoms with van der Waals surface area (Å²) >= 11 is 0. The molecule has 10 heavy (non-hydrogen) atoms. The molecular weight excluding hydrogens is 131 g/mol. The molecule has 2 radical (unpaired) electrons. The quantitative estimate of drug-likeness (QED) is 0.498. The number of aromatic carboxylic acids is 1. The smallest absolute Gasteiger partial charge is 0.373 e. The number of nitrogens with zero attached hydrogens (tertiary/aromatic N) is 2. The monoisotopic (exact) mass is 134 g/mol. The fraction of sp³-hybridized carbons (Fsp3) is 0. The van der Waals surface area contributed by atoms with Crippen LogP contribution in [0.15, 0.2) is 12.4 Å². The highest BCUT2D eigenvalue weighted by Gasteiger charge is 2.02. The van der Waals surface area contributed by atoms with Gasteiger partial charge in [-0.2, -0.15) is 0 Å². The van der Waals surface area contributed by atoms with Gasteiger partial charge in [-0.1, -0.05) is 5.46 Å². The topological polar surface area (TPSA) is 63.1 Å². The summed E-state index contributed by atoms with van der Waals surface area (Å²) in [5.74, 6) is -1.39. The minimum atomic E-state index is -1.15. The maximum atomic E-state index is 10.1. The highest BCUT2D eigenvalue weighted by Crippen LogP contribution is 1.82. The molecule has 1 aromatic rings. The fourth-order valence-corrected chi connectivity index (χ4v) is 0.448. The second kappa shape index (κ2) is 2.47. The van der Waals surface area contributed by atoms with Crippen molar-refractivity contribution < 1.29 is 9.90 Å². The lowest BCUT2D eigenvalue weighted by Crippen LogP contribution is -2.10. The van der Waals surface area contributed by atoms with Gasteiger partial charge in [0.25, 0.3) is 0 Å². The van der Waals surface area contributed by atoms with Gasteiger partial charge in [-0.25, -0.2) is 14.8 Å². The van der Waals surface area contributed by atoms with E-state index in [1.165, 1.54) is 12.4 Å². The number of carbonyl (C=O) groups is 1. The number of rotatable bonds is 1. The standard InChI is InChI=1S/C5H3BN2O2/c6-3-1-7-4(5(9)10)8-2-3/h1-2H,(H,9,10). The molecule has 0 unspecified atom stereocenters. The lowest BCUT2D eigenvalue weighted by Gasteiger charge is -1.91. The van der Waals surface area contributed by atoms with Crippen LogP contribution in [0.4, 0.5) is 0 Å². The van der Waals surface area contributed by atoms with Crippen molar-refractivity contribution in [2.75, 3.05) is 0 Å². The molecule has 0 fully saturated rings. The van der Waals surface area contributed by atoms with Gasteiger partial charge in [0.1, 0.15) is 7.85 Å². The van der Waals surface area contributed by atoms with E-state index in [9.17, 15) is 4.79 Å². The molecule has 5 heteroatoms. The van der Waals surface area contributed by atoms with Crippen molar-refractivity contribution in [3.05, 3.63) is 18.2 Å². The van der Waals surface area contributed by atoms with Crippen molar-refractivity contribution in [3.8, 4) is 0 Å². The molecule has 1 N–H and O–H groups in total. The van der Waals surface area contributed by atoms with Crippen molar-refractivity contribution >= 4 is 19.3 Å². The summed E-state index contributed by atoms with van der Waals surface area (Å²) < 4.78 is 0. The van der Waals surface area contributed by atoms with Crippen LogP contribution in [0, 0.1) is 0 Å². The molecule has 0 aromatic carbocycles. The van der Waals surface area contributed by atoms with Crippen LogP contribution >= 0.6 is 0 Å². The van der Waals surface area contributed by atoms with Gasteiger partial charge in [0.2, 0.25) is 5.82 Å². The average molecular weight is 134 g/mol. The summed E-state index contributed by atoms with van der Waals surface area (Å²) in [4.78, 5) is 17.0. The molecule has 4 nitrogen and oxygen atoms in total. The molecule has 0 bridgehead atoms. The molecule has 0 spiro atoms. The number of hydrogen-bond acceptors (Lipinski definition) is 3. The van der Waals surface area contributed by atoms with Gasteiger partial charge in [-0.05, 0) is 0 Å². The third-order valence-corrected chi connectivity index (χ3v) is 0.863. The summed E-state index contributed by atoms with van der Waals surface area (Å²) in [5, 5.41) is 8.31. The Kier molecular flexibility index (Phi) is 1.66. The molecule has 0 aliphatic rings. The number of hydrogen-bond donors (Lipinski definition) is 1. The summed E-state index contributed by atoms with van der Waals surface area (Å²) in [5.41, 5.74) is 0.352. The van der Waals surface area contributed by atoms with Crippen LogP contribution in [0.2, 0.25) is 0 Å². The van der Waals surface area contributed by atoms with Crippen molar-refractivity contribution in [1.29, 1.82) is 0 Å². The second-order valence-electron chi connectivity index (χ2n) is 1.65. The van der Waals surface area contributed by atoms with Crippen LogP contribution in [0.5, 0.6) is 0 Å².